The first-order chi connectivity index (χ1) is 17.0. The van der Waals surface area contributed by atoms with Crippen LogP contribution in [0.15, 0.2) is 83.7 Å². The van der Waals surface area contributed by atoms with Crippen LogP contribution in [0.5, 0.6) is 11.5 Å². The zero-order chi connectivity index (χ0) is 24.8. The number of carbonyl (C=O) groups is 1. The number of aromatic nitrogens is 2. The highest BCUT2D eigenvalue weighted by atomic mass is 35.5. The molecule has 1 amide bonds. The first kappa shape index (κ1) is 24.0. The van der Waals surface area contributed by atoms with Crippen molar-refractivity contribution in [1.82, 2.24) is 14.9 Å². The van der Waals surface area contributed by atoms with Crippen LogP contribution in [0.25, 0.3) is 11.3 Å². The van der Waals surface area contributed by atoms with E-state index in [-0.39, 0.29) is 23.9 Å². The van der Waals surface area contributed by atoms with Gasteiger partial charge in [0.2, 0.25) is 0 Å². The van der Waals surface area contributed by atoms with Gasteiger partial charge in [-0.2, -0.15) is 0 Å². The van der Waals surface area contributed by atoms with E-state index in [1.807, 2.05) is 42.5 Å². The van der Waals surface area contributed by atoms with Crippen LogP contribution in [0, 0.1) is 0 Å². The van der Waals surface area contributed by atoms with Crippen molar-refractivity contribution in [2.24, 2.45) is 0 Å². The molecular formula is C27H24ClN3O4. The molecule has 35 heavy (non-hydrogen) atoms. The third-order valence-corrected chi connectivity index (χ3v) is 5.76. The Morgan fingerprint density at radius 1 is 0.886 bits per heavy atom. The lowest BCUT2D eigenvalue weighted by Gasteiger charge is -2.16. The van der Waals surface area contributed by atoms with Crippen LogP contribution in [0.3, 0.4) is 0 Å². The van der Waals surface area contributed by atoms with Crippen molar-refractivity contribution in [3.05, 3.63) is 111 Å². The number of nitrogens with zero attached hydrogens (tertiary/aromatic N) is 2. The van der Waals surface area contributed by atoms with Crippen molar-refractivity contribution < 1.29 is 14.3 Å². The van der Waals surface area contributed by atoms with Gasteiger partial charge in [-0.1, -0.05) is 54.1 Å². The molecule has 8 heteroatoms. The van der Waals surface area contributed by atoms with Gasteiger partial charge in [-0.3, -0.25) is 14.2 Å². The minimum Gasteiger partial charge on any atom is -0.497 e. The Hall–Kier alpha value is -4.10. The molecule has 1 aromatic heterocycles. The SMILES string of the molecule is COc1ccc(CNC(=O)c2nc(Cl)c(-c3ccc(OC)cc3)n(Cc3ccccc3)c2=O)cc1. The maximum absolute atomic E-state index is 13.5. The van der Waals surface area contributed by atoms with Gasteiger partial charge in [0.25, 0.3) is 11.5 Å². The number of ether oxygens (including phenoxy) is 2. The number of carbonyl (C=O) groups excluding carboxylic acids is 1. The monoisotopic (exact) mass is 489 g/mol. The van der Waals surface area contributed by atoms with Crippen LogP contribution in [-0.4, -0.2) is 29.7 Å². The summed E-state index contributed by atoms with van der Waals surface area (Å²) in [5.74, 6) is 0.784. The molecule has 0 aliphatic carbocycles. The fourth-order valence-corrected chi connectivity index (χ4v) is 3.93. The number of nitrogens with one attached hydrogen (secondary N) is 1. The van der Waals surface area contributed by atoms with Crippen molar-refractivity contribution >= 4 is 17.5 Å². The Kier molecular flexibility index (Phi) is 7.48. The van der Waals surface area contributed by atoms with Gasteiger partial charge in [0.15, 0.2) is 10.8 Å². The van der Waals surface area contributed by atoms with Crippen molar-refractivity contribution in [1.29, 1.82) is 0 Å². The zero-order valence-electron chi connectivity index (χ0n) is 19.3. The molecule has 0 fully saturated rings. The Balaban J connectivity index is 1.71. The first-order valence-corrected chi connectivity index (χ1v) is 11.3. The van der Waals surface area contributed by atoms with Crippen molar-refractivity contribution in [3.8, 4) is 22.8 Å². The normalized spacial score (nSPS) is 10.6. The smallest absolute Gasteiger partial charge is 0.283 e. The second-order valence-electron chi connectivity index (χ2n) is 7.74. The second-order valence-corrected chi connectivity index (χ2v) is 8.09. The molecule has 7 nitrogen and oxygen atoms in total. The van der Waals surface area contributed by atoms with Crippen LogP contribution in [0.4, 0.5) is 0 Å². The lowest BCUT2D eigenvalue weighted by Crippen LogP contribution is -2.35. The standard InChI is InChI=1S/C27H24ClN3O4/c1-34-21-12-8-18(9-13-21)16-29-26(32)23-27(33)31(17-19-6-4-3-5-7-19)24(25(28)30-23)20-10-14-22(35-2)15-11-20/h3-15H,16-17H2,1-2H3,(H,29,32). The molecule has 1 heterocycles. The molecule has 0 bridgehead atoms. The van der Waals surface area contributed by atoms with Crippen LogP contribution in [-0.2, 0) is 13.1 Å². The van der Waals surface area contributed by atoms with Crippen LogP contribution >= 0.6 is 11.6 Å². The Labute approximate surface area is 207 Å². The van der Waals surface area contributed by atoms with E-state index in [9.17, 15) is 9.59 Å². The number of hydrogen-bond donors (Lipinski definition) is 1. The van der Waals surface area contributed by atoms with Gasteiger partial charge in [-0.15, -0.1) is 0 Å². The van der Waals surface area contributed by atoms with Gasteiger partial charge in [0, 0.05) is 12.1 Å². The molecule has 0 aliphatic heterocycles. The zero-order valence-corrected chi connectivity index (χ0v) is 20.1. The summed E-state index contributed by atoms with van der Waals surface area (Å²) in [4.78, 5) is 30.7. The molecule has 1 N–H and O–H groups in total. The third-order valence-electron chi connectivity index (χ3n) is 5.50. The topological polar surface area (TPSA) is 82.4 Å². The van der Waals surface area contributed by atoms with Crippen LogP contribution < -0.4 is 20.3 Å². The summed E-state index contributed by atoms with van der Waals surface area (Å²) in [6.07, 6.45) is 0. The number of methoxy groups -OCH3 is 2. The summed E-state index contributed by atoms with van der Waals surface area (Å²) in [5.41, 5.74) is 2.05. The molecule has 0 atom stereocenters. The molecule has 0 radical (unpaired) electrons. The fraction of sp³-hybridized carbons (Fsp3) is 0.148. The molecule has 4 rings (SSSR count). The molecule has 178 valence electrons. The lowest BCUT2D eigenvalue weighted by atomic mass is 10.1. The third kappa shape index (κ3) is 5.53. The highest BCUT2D eigenvalue weighted by Gasteiger charge is 2.22. The van der Waals surface area contributed by atoms with E-state index in [1.165, 1.54) is 4.57 Å². The lowest BCUT2D eigenvalue weighted by molar-refractivity contribution is 0.0943. The van der Waals surface area contributed by atoms with Gasteiger partial charge in [-0.05, 0) is 47.5 Å². The van der Waals surface area contributed by atoms with Gasteiger partial charge in [0.05, 0.1) is 26.5 Å². The minimum atomic E-state index is -0.601. The maximum Gasteiger partial charge on any atom is 0.283 e. The summed E-state index contributed by atoms with van der Waals surface area (Å²) in [6.45, 7) is 0.447. The maximum atomic E-state index is 13.5. The van der Waals surface area contributed by atoms with E-state index in [4.69, 9.17) is 21.1 Å². The molecule has 4 aromatic rings. The Morgan fingerprint density at radius 3 is 2.09 bits per heavy atom. The molecule has 0 saturated carbocycles. The molecule has 3 aromatic carbocycles. The average Bonchev–Trinajstić information content (AvgIpc) is 2.90. The second kappa shape index (κ2) is 10.9. The van der Waals surface area contributed by atoms with E-state index in [2.05, 4.69) is 10.3 Å². The molecule has 0 saturated heterocycles. The van der Waals surface area contributed by atoms with E-state index in [0.29, 0.717) is 22.8 Å². The van der Waals surface area contributed by atoms with E-state index >= 15 is 0 Å². The molecule has 0 unspecified atom stereocenters. The average molecular weight is 490 g/mol. The number of amides is 1. The summed E-state index contributed by atoms with van der Waals surface area (Å²) in [7, 11) is 3.16. The van der Waals surface area contributed by atoms with E-state index in [1.54, 1.807) is 50.6 Å². The molecular weight excluding hydrogens is 466 g/mol. The highest BCUT2D eigenvalue weighted by molar-refractivity contribution is 6.32. The van der Waals surface area contributed by atoms with Gasteiger partial charge in [-0.25, -0.2) is 4.98 Å². The number of rotatable bonds is 8. The van der Waals surface area contributed by atoms with E-state index < -0.39 is 11.5 Å². The largest absolute Gasteiger partial charge is 0.497 e. The quantitative estimate of drug-likeness (QED) is 0.392. The predicted molar refractivity (Wildman–Crippen MR) is 135 cm³/mol. The Bertz CT molecular complexity index is 1370. The minimum absolute atomic E-state index is 0.0558. The highest BCUT2D eigenvalue weighted by Crippen LogP contribution is 2.28. The Morgan fingerprint density at radius 2 is 1.49 bits per heavy atom. The predicted octanol–water partition coefficient (Wildman–Crippen LogP) is 4.56. The van der Waals surface area contributed by atoms with Crippen LogP contribution in [0.1, 0.15) is 21.6 Å². The summed E-state index contributed by atoms with van der Waals surface area (Å²) in [5, 5.41) is 2.81. The fourth-order valence-electron chi connectivity index (χ4n) is 3.64. The van der Waals surface area contributed by atoms with Crippen molar-refractivity contribution in [3.63, 3.8) is 0 Å². The number of halogens is 1. The van der Waals surface area contributed by atoms with Crippen molar-refractivity contribution in [2.75, 3.05) is 14.2 Å². The van der Waals surface area contributed by atoms with Crippen molar-refractivity contribution in [2.45, 2.75) is 13.1 Å². The summed E-state index contributed by atoms with van der Waals surface area (Å²) >= 11 is 6.58. The summed E-state index contributed by atoms with van der Waals surface area (Å²) in [6, 6.07) is 23.9. The van der Waals surface area contributed by atoms with Gasteiger partial charge in [0.1, 0.15) is 11.5 Å². The van der Waals surface area contributed by atoms with Crippen LogP contribution in [0.2, 0.25) is 5.15 Å². The van der Waals surface area contributed by atoms with Gasteiger partial charge < -0.3 is 14.8 Å². The van der Waals surface area contributed by atoms with E-state index in [0.717, 1.165) is 11.1 Å². The van der Waals surface area contributed by atoms with Gasteiger partial charge >= 0.3 is 0 Å². The summed E-state index contributed by atoms with van der Waals surface area (Å²) < 4.78 is 11.9. The molecule has 0 aliphatic rings. The number of hydrogen-bond acceptors (Lipinski definition) is 5. The number of benzene rings is 3. The first-order valence-electron chi connectivity index (χ1n) is 10.9. The molecule has 0 spiro atoms.